The molecule has 0 aliphatic rings. The van der Waals surface area contributed by atoms with Gasteiger partial charge >= 0.3 is 174 Å². The van der Waals surface area contributed by atoms with E-state index in [0.29, 0.717) is 11.7 Å². The van der Waals surface area contributed by atoms with Gasteiger partial charge in [0.2, 0.25) is 0 Å². The average molecular weight is 425 g/mol. The van der Waals surface area contributed by atoms with Crippen molar-refractivity contribution in [3.8, 4) is 0 Å². The van der Waals surface area contributed by atoms with E-state index in [1.54, 1.807) is 6.07 Å². The molecule has 0 unspecified atom stereocenters. The Morgan fingerprint density at radius 1 is 0.552 bits per heavy atom. The molecule has 29 heavy (non-hydrogen) atoms. The van der Waals surface area contributed by atoms with Gasteiger partial charge in [-0.25, -0.2) is 0 Å². The second kappa shape index (κ2) is 7.71. The molecule has 4 rings (SSSR count). The molecule has 0 bridgehead atoms. The van der Waals surface area contributed by atoms with Crippen LogP contribution in [0, 0.1) is 11.6 Å². The van der Waals surface area contributed by atoms with Crippen LogP contribution in [-0.2, 0) is 6.16 Å². The summed E-state index contributed by atoms with van der Waals surface area (Å²) in [5.74, 6) is -5.26. The van der Waals surface area contributed by atoms with E-state index in [1.807, 2.05) is 91.0 Å². The van der Waals surface area contributed by atoms with Crippen LogP contribution in [0.1, 0.15) is 5.56 Å². The van der Waals surface area contributed by atoms with Gasteiger partial charge in [0.25, 0.3) is 0 Å². The molecule has 0 aliphatic carbocycles. The van der Waals surface area contributed by atoms with E-state index < -0.39 is 17.6 Å². The summed E-state index contributed by atoms with van der Waals surface area (Å²) in [6.45, 7) is 0. The van der Waals surface area contributed by atoms with Gasteiger partial charge in [0.15, 0.2) is 0 Å². The van der Waals surface area contributed by atoms with E-state index >= 15 is 0 Å². The Morgan fingerprint density at radius 2 is 0.966 bits per heavy atom. The average Bonchev–Trinajstić information content (AvgIpc) is 2.78. The van der Waals surface area contributed by atoms with Gasteiger partial charge in [-0.1, -0.05) is 0 Å². The third-order valence-corrected chi connectivity index (χ3v) is 12.5. The van der Waals surface area contributed by atoms with Crippen molar-refractivity contribution in [2.24, 2.45) is 0 Å². The molecule has 0 aromatic heterocycles. The molecule has 4 aromatic rings. The zero-order valence-electron chi connectivity index (χ0n) is 15.7. The van der Waals surface area contributed by atoms with Crippen molar-refractivity contribution in [3.63, 3.8) is 0 Å². The first kappa shape index (κ1) is 19.8. The zero-order valence-corrected chi connectivity index (χ0v) is 17.3. The third kappa shape index (κ3) is 3.37. The fourth-order valence-corrected chi connectivity index (χ4v) is 10.1. The van der Waals surface area contributed by atoms with Gasteiger partial charge in [-0.3, -0.25) is 0 Å². The summed E-state index contributed by atoms with van der Waals surface area (Å²) in [5.41, 5.74) is 0.660. The SMILES string of the molecule is Fc1ccc(CP(Cl)(c2ccccc2)(c2ccccc2)c2ccccc2)cc1F. The molecule has 4 heteroatoms. The molecule has 0 nitrogen and oxygen atoms in total. The summed E-state index contributed by atoms with van der Waals surface area (Å²) in [5, 5.41) is 2.96. The van der Waals surface area contributed by atoms with Crippen molar-refractivity contribution in [3.05, 3.63) is 126 Å². The molecular weight excluding hydrogens is 405 g/mol. The fraction of sp³-hybridized carbons (Fsp3) is 0.0400. The van der Waals surface area contributed by atoms with Gasteiger partial charge < -0.3 is 0 Å². The Bertz CT molecular complexity index is 1020. The normalized spacial score (nSPS) is 12.9. The molecule has 0 saturated heterocycles. The molecule has 146 valence electrons. The van der Waals surface area contributed by atoms with Crippen LogP contribution in [0.4, 0.5) is 8.78 Å². The summed E-state index contributed by atoms with van der Waals surface area (Å²) in [6.07, 6.45) is 0.377. The van der Waals surface area contributed by atoms with Crippen molar-refractivity contribution >= 4 is 33.1 Å². The Labute approximate surface area is 174 Å². The van der Waals surface area contributed by atoms with Gasteiger partial charge in [0.1, 0.15) is 0 Å². The van der Waals surface area contributed by atoms with Gasteiger partial charge in [0, 0.05) is 0 Å². The van der Waals surface area contributed by atoms with Crippen molar-refractivity contribution in [2.75, 3.05) is 0 Å². The second-order valence-corrected chi connectivity index (χ2v) is 13.6. The monoisotopic (exact) mass is 424 g/mol. The molecule has 0 radical (unpaired) electrons. The van der Waals surface area contributed by atoms with E-state index in [2.05, 4.69) is 0 Å². The second-order valence-electron chi connectivity index (χ2n) is 7.10. The third-order valence-electron chi connectivity index (χ3n) is 5.35. The van der Waals surface area contributed by atoms with Gasteiger partial charge in [0.05, 0.1) is 0 Å². The molecule has 0 fully saturated rings. The van der Waals surface area contributed by atoms with Crippen LogP contribution in [-0.4, -0.2) is 0 Å². The maximum atomic E-state index is 14.1. The molecule has 0 atom stereocenters. The molecule has 0 N–H and O–H groups in total. The number of hydrogen-bond acceptors (Lipinski definition) is 0. The van der Waals surface area contributed by atoms with Crippen molar-refractivity contribution < 1.29 is 8.78 Å². The first-order chi connectivity index (χ1) is 14.0. The molecule has 0 spiro atoms. The summed E-state index contributed by atoms with van der Waals surface area (Å²) in [4.78, 5) is 0. The predicted octanol–water partition coefficient (Wildman–Crippen LogP) is 6.15. The summed E-state index contributed by atoms with van der Waals surface area (Å²) in [7, 11) is 0. The molecule has 0 aliphatic heterocycles. The first-order valence-corrected chi connectivity index (χ1v) is 12.7. The van der Waals surface area contributed by atoms with Crippen LogP contribution in [0.5, 0.6) is 0 Å². The van der Waals surface area contributed by atoms with Gasteiger partial charge in [-0.05, 0) is 0 Å². The van der Waals surface area contributed by atoms with Crippen LogP contribution in [0.15, 0.2) is 109 Å². The van der Waals surface area contributed by atoms with E-state index in [9.17, 15) is 8.78 Å². The quantitative estimate of drug-likeness (QED) is 0.337. The van der Waals surface area contributed by atoms with Gasteiger partial charge in [-0.15, -0.1) is 0 Å². The Morgan fingerprint density at radius 3 is 1.34 bits per heavy atom. The summed E-state index contributed by atoms with van der Waals surface area (Å²) in [6, 6.07) is 33.9. The van der Waals surface area contributed by atoms with E-state index in [1.165, 1.54) is 12.1 Å². The maximum absolute atomic E-state index is 14.1. The summed E-state index contributed by atoms with van der Waals surface area (Å²) < 4.78 is 27.7. The number of benzene rings is 4. The molecule has 4 aromatic carbocycles. The van der Waals surface area contributed by atoms with Crippen molar-refractivity contribution in [2.45, 2.75) is 6.16 Å². The van der Waals surface area contributed by atoms with Crippen LogP contribution in [0.2, 0.25) is 0 Å². The predicted molar refractivity (Wildman–Crippen MR) is 121 cm³/mol. The molecule has 0 saturated carbocycles. The van der Waals surface area contributed by atoms with Crippen LogP contribution < -0.4 is 15.9 Å². The van der Waals surface area contributed by atoms with E-state index in [0.717, 1.165) is 15.9 Å². The Kier molecular flexibility index (Phi) is 5.25. The number of halogens is 3. The van der Waals surface area contributed by atoms with Crippen LogP contribution >= 0.6 is 17.2 Å². The van der Waals surface area contributed by atoms with Crippen LogP contribution in [0.25, 0.3) is 0 Å². The number of hydrogen-bond donors (Lipinski definition) is 0. The molecular formula is C25H20ClF2P. The minimum absolute atomic E-state index is 0.377. The minimum atomic E-state index is -3.54. The summed E-state index contributed by atoms with van der Waals surface area (Å²) >= 11 is 7.91. The topological polar surface area (TPSA) is 0 Å². The van der Waals surface area contributed by atoms with Crippen LogP contribution in [0.3, 0.4) is 0 Å². The standard InChI is InChI=1S/C25H20ClF2P/c26-29(21-10-4-1-5-11-21,22-12-6-2-7-13-22,23-14-8-3-9-15-23)19-20-16-17-24(27)25(28)18-20/h1-18H,19H2. The molecule has 0 heterocycles. The first-order valence-electron chi connectivity index (χ1n) is 9.36. The zero-order chi connectivity index (χ0) is 20.3. The molecule has 0 amide bonds. The Balaban J connectivity index is 2.08. The van der Waals surface area contributed by atoms with Gasteiger partial charge in [-0.2, -0.15) is 0 Å². The van der Waals surface area contributed by atoms with Crippen molar-refractivity contribution in [1.29, 1.82) is 0 Å². The van der Waals surface area contributed by atoms with Crippen molar-refractivity contribution in [1.82, 2.24) is 0 Å². The van der Waals surface area contributed by atoms with E-state index in [4.69, 9.17) is 11.2 Å². The van der Waals surface area contributed by atoms with E-state index in [-0.39, 0.29) is 0 Å². The fourth-order valence-electron chi connectivity index (χ4n) is 3.92. The number of rotatable bonds is 5. The Hall–Kier alpha value is -2.54.